The van der Waals surface area contributed by atoms with E-state index in [0.29, 0.717) is 11.4 Å². The summed E-state index contributed by atoms with van der Waals surface area (Å²) in [6.07, 6.45) is 0. The first kappa shape index (κ1) is 25.3. The number of carbonyl (C=O) groups excluding carboxylic acids is 1. The zero-order valence-electron chi connectivity index (χ0n) is 19.9. The topological polar surface area (TPSA) is 75.7 Å². The predicted molar refractivity (Wildman–Crippen MR) is 144 cm³/mol. The lowest BCUT2D eigenvalue weighted by atomic mass is 10.2. The highest BCUT2D eigenvalue weighted by Gasteiger charge is 2.29. The van der Waals surface area contributed by atoms with E-state index in [1.165, 1.54) is 31.0 Å². The maximum absolute atomic E-state index is 13.7. The van der Waals surface area contributed by atoms with Crippen LogP contribution in [-0.4, -0.2) is 28.0 Å². The van der Waals surface area contributed by atoms with Gasteiger partial charge in [0, 0.05) is 9.79 Å². The van der Waals surface area contributed by atoms with E-state index < -0.39 is 22.5 Å². The summed E-state index contributed by atoms with van der Waals surface area (Å²) in [4.78, 5) is 15.2. The number of benzene rings is 4. The SMILES string of the molecule is COc1ccccc1N(CC(=O)Nc1ccccc1Sc1ccccc1)S(=O)(=O)c1ccc(C)cc1. The molecule has 0 spiro atoms. The molecule has 8 heteroatoms. The average molecular weight is 519 g/mol. The molecule has 0 atom stereocenters. The van der Waals surface area contributed by atoms with E-state index in [1.807, 2.05) is 55.5 Å². The third kappa shape index (κ3) is 5.90. The minimum Gasteiger partial charge on any atom is -0.495 e. The maximum atomic E-state index is 13.7. The molecule has 4 aromatic rings. The molecule has 0 aromatic heterocycles. The van der Waals surface area contributed by atoms with Crippen molar-refractivity contribution in [1.82, 2.24) is 0 Å². The first-order valence-electron chi connectivity index (χ1n) is 11.2. The average Bonchev–Trinajstić information content (AvgIpc) is 2.89. The van der Waals surface area contributed by atoms with Gasteiger partial charge in [-0.25, -0.2) is 8.42 Å². The van der Waals surface area contributed by atoms with Crippen molar-refractivity contribution in [1.29, 1.82) is 0 Å². The van der Waals surface area contributed by atoms with Crippen LogP contribution in [0, 0.1) is 6.92 Å². The molecule has 4 aromatic carbocycles. The Bertz CT molecular complexity index is 1440. The van der Waals surface area contributed by atoms with E-state index in [9.17, 15) is 13.2 Å². The summed E-state index contributed by atoms with van der Waals surface area (Å²) in [7, 11) is -2.60. The summed E-state index contributed by atoms with van der Waals surface area (Å²) in [5.74, 6) is -0.126. The van der Waals surface area contributed by atoms with Gasteiger partial charge in [0.25, 0.3) is 10.0 Å². The largest absolute Gasteiger partial charge is 0.495 e. The maximum Gasteiger partial charge on any atom is 0.264 e. The lowest BCUT2D eigenvalue weighted by Gasteiger charge is -2.26. The van der Waals surface area contributed by atoms with Crippen LogP contribution < -0.4 is 14.4 Å². The molecule has 0 saturated heterocycles. The fourth-order valence-electron chi connectivity index (χ4n) is 3.57. The van der Waals surface area contributed by atoms with Crippen LogP contribution in [0.2, 0.25) is 0 Å². The van der Waals surface area contributed by atoms with Crippen LogP contribution in [0.15, 0.2) is 118 Å². The fourth-order valence-corrected chi connectivity index (χ4v) is 5.92. The van der Waals surface area contributed by atoms with Gasteiger partial charge in [0.1, 0.15) is 12.3 Å². The molecule has 36 heavy (non-hydrogen) atoms. The molecular weight excluding hydrogens is 492 g/mol. The number of sulfonamides is 1. The lowest BCUT2D eigenvalue weighted by molar-refractivity contribution is -0.114. The number of aryl methyl sites for hydroxylation is 1. The van der Waals surface area contributed by atoms with Crippen molar-refractivity contribution in [2.24, 2.45) is 0 Å². The van der Waals surface area contributed by atoms with Gasteiger partial charge >= 0.3 is 0 Å². The molecule has 0 aliphatic heterocycles. The number of amides is 1. The molecule has 0 bridgehead atoms. The van der Waals surface area contributed by atoms with Gasteiger partial charge in [0.2, 0.25) is 5.91 Å². The Balaban J connectivity index is 1.65. The normalized spacial score (nSPS) is 11.1. The molecule has 0 heterocycles. The van der Waals surface area contributed by atoms with Crippen molar-refractivity contribution in [3.63, 3.8) is 0 Å². The molecule has 4 rings (SSSR count). The smallest absolute Gasteiger partial charge is 0.264 e. The highest BCUT2D eigenvalue weighted by molar-refractivity contribution is 7.99. The van der Waals surface area contributed by atoms with Crippen molar-refractivity contribution < 1.29 is 17.9 Å². The third-order valence-electron chi connectivity index (χ3n) is 5.38. The second kappa shape index (κ2) is 11.3. The second-order valence-electron chi connectivity index (χ2n) is 7.96. The Morgan fingerprint density at radius 2 is 1.50 bits per heavy atom. The first-order valence-corrected chi connectivity index (χ1v) is 13.5. The molecule has 0 fully saturated rings. The monoisotopic (exact) mass is 518 g/mol. The Hall–Kier alpha value is -3.75. The number of nitrogens with zero attached hydrogens (tertiary/aromatic N) is 1. The number of carbonyl (C=O) groups is 1. The number of para-hydroxylation sites is 3. The number of rotatable bonds is 9. The summed E-state index contributed by atoms with van der Waals surface area (Å²) < 4.78 is 33.9. The molecule has 0 radical (unpaired) electrons. The Morgan fingerprint density at radius 3 is 2.22 bits per heavy atom. The van der Waals surface area contributed by atoms with Crippen LogP contribution in [0.4, 0.5) is 11.4 Å². The fraction of sp³-hybridized carbons (Fsp3) is 0.107. The highest BCUT2D eigenvalue weighted by Crippen LogP contribution is 2.34. The van der Waals surface area contributed by atoms with Crippen LogP contribution in [0.1, 0.15) is 5.56 Å². The van der Waals surface area contributed by atoms with Gasteiger partial charge in [0.15, 0.2) is 0 Å². The third-order valence-corrected chi connectivity index (χ3v) is 8.24. The van der Waals surface area contributed by atoms with Crippen LogP contribution >= 0.6 is 11.8 Å². The van der Waals surface area contributed by atoms with E-state index >= 15 is 0 Å². The summed E-state index contributed by atoms with van der Waals surface area (Å²) in [5, 5.41) is 2.89. The zero-order valence-corrected chi connectivity index (χ0v) is 21.6. The summed E-state index contributed by atoms with van der Waals surface area (Å²) >= 11 is 1.51. The minimum atomic E-state index is -4.06. The van der Waals surface area contributed by atoms with E-state index in [2.05, 4.69) is 5.32 Å². The molecule has 0 aliphatic rings. The summed E-state index contributed by atoms with van der Waals surface area (Å²) in [5.41, 5.74) is 1.81. The van der Waals surface area contributed by atoms with Crippen LogP contribution in [0.5, 0.6) is 5.75 Å². The van der Waals surface area contributed by atoms with Gasteiger partial charge in [-0.15, -0.1) is 0 Å². The molecule has 0 unspecified atom stereocenters. The standard InChI is InChI=1S/C28H26N2O4S2/c1-21-16-18-23(19-17-21)36(32,33)30(25-13-7-8-14-26(25)34-2)20-28(31)29-24-12-6-9-15-27(24)35-22-10-4-3-5-11-22/h3-19H,20H2,1-2H3,(H,29,31). The molecule has 6 nitrogen and oxygen atoms in total. The molecule has 1 amide bonds. The van der Waals surface area contributed by atoms with Crippen LogP contribution in [0.3, 0.4) is 0 Å². The van der Waals surface area contributed by atoms with Crippen LogP contribution in [-0.2, 0) is 14.8 Å². The molecule has 0 saturated carbocycles. The Kier molecular flexibility index (Phi) is 7.97. The highest BCUT2D eigenvalue weighted by atomic mass is 32.2. The van der Waals surface area contributed by atoms with Gasteiger partial charge in [-0.3, -0.25) is 9.10 Å². The number of hydrogen-bond donors (Lipinski definition) is 1. The minimum absolute atomic E-state index is 0.0897. The van der Waals surface area contributed by atoms with Crippen LogP contribution in [0.25, 0.3) is 0 Å². The van der Waals surface area contributed by atoms with E-state index in [1.54, 1.807) is 42.5 Å². The number of methoxy groups -OCH3 is 1. The van der Waals surface area contributed by atoms with Gasteiger partial charge in [-0.1, -0.05) is 71.9 Å². The molecular formula is C28H26N2O4S2. The van der Waals surface area contributed by atoms with Crippen molar-refractivity contribution in [3.05, 3.63) is 109 Å². The number of anilines is 2. The predicted octanol–water partition coefficient (Wildman–Crippen LogP) is 5.99. The van der Waals surface area contributed by atoms with Gasteiger partial charge in [-0.05, 0) is 55.5 Å². The van der Waals surface area contributed by atoms with E-state index in [-0.39, 0.29) is 10.6 Å². The number of ether oxygens (including phenoxy) is 1. The lowest BCUT2D eigenvalue weighted by Crippen LogP contribution is -2.38. The quantitative estimate of drug-likeness (QED) is 0.295. The molecule has 1 N–H and O–H groups in total. The Morgan fingerprint density at radius 1 is 0.861 bits per heavy atom. The summed E-state index contributed by atoms with van der Waals surface area (Å²) in [6, 6.07) is 30.5. The van der Waals surface area contributed by atoms with Crippen molar-refractivity contribution in [3.8, 4) is 5.75 Å². The number of hydrogen-bond acceptors (Lipinski definition) is 5. The van der Waals surface area contributed by atoms with Crippen molar-refractivity contribution in [2.75, 3.05) is 23.3 Å². The Labute approximate surface area is 216 Å². The van der Waals surface area contributed by atoms with E-state index in [4.69, 9.17) is 4.74 Å². The number of nitrogens with one attached hydrogen (secondary N) is 1. The zero-order chi connectivity index (χ0) is 25.5. The summed E-state index contributed by atoms with van der Waals surface area (Å²) in [6.45, 7) is 1.45. The molecule has 184 valence electrons. The van der Waals surface area contributed by atoms with Crippen molar-refractivity contribution >= 4 is 39.1 Å². The van der Waals surface area contributed by atoms with E-state index in [0.717, 1.165) is 19.7 Å². The molecule has 0 aliphatic carbocycles. The van der Waals surface area contributed by atoms with Gasteiger partial charge in [-0.2, -0.15) is 0 Å². The van der Waals surface area contributed by atoms with Crippen molar-refractivity contribution in [2.45, 2.75) is 21.6 Å². The second-order valence-corrected chi connectivity index (χ2v) is 10.9. The van der Waals surface area contributed by atoms with Gasteiger partial charge < -0.3 is 10.1 Å². The van der Waals surface area contributed by atoms with Gasteiger partial charge in [0.05, 0.1) is 23.4 Å². The first-order chi connectivity index (χ1) is 17.4.